The topological polar surface area (TPSA) is 63.8 Å². The van der Waals surface area contributed by atoms with Crippen molar-refractivity contribution >= 4 is 17.3 Å². The summed E-state index contributed by atoms with van der Waals surface area (Å²) in [6.45, 7) is 2.42. The molecule has 106 valence electrons. The molecule has 3 aromatic rings. The monoisotopic (exact) mass is 300 g/mol. The van der Waals surface area contributed by atoms with Gasteiger partial charge in [0.15, 0.2) is 0 Å². The van der Waals surface area contributed by atoms with Crippen molar-refractivity contribution in [1.29, 1.82) is 0 Å². The first kappa shape index (κ1) is 13.6. The summed E-state index contributed by atoms with van der Waals surface area (Å²) in [6.07, 6.45) is 1.73. The number of hydrogen-bond donors (Lipinski definition) is 1. The largest absolute Gasteiger partial charge is 0.376 e. The van der Waals surface area contributed by atoms with Crippen molar-refractivity contribution in [1.82, 2.24) is 15.1 Å². The molecule has 0 aliphatic rings. The van der Waals surface area contributed by atoms with Gasteiger partial charge in [-0.2, -0.15) is 4.98 Å². The van der Waals surface area contributed by atoms with Crippen LogP contribution in [-0.2, 0) is 6.54 Å². The molecule has 2 heterocycles. The van der Waals surface area contributed by atoms with Crippen molar-refractivity contribution in [2.75, 3.05) is 5.32 Å². The average Bonchev–Trinajstić information content (AvgIpc) is 2.94. The molecule has 2 aromatic heterocycles. The second kappa shape index (κ2) is 5.93. The molecule has 21 heavy (non-hydrogen) atoms. The van der Waals surface area contributed by atoms with E-state index in [9.17, 15) is 0 Å². The molecule has 0 atom stereocenters. The molecule has 1 N–H and O–H groups in total. The van der Waals surface area contributed by atoms with Crippen LogP contribution >= 0.6 is 11.6 Å². The molecule has 0 aliphatic heterocycles. The lowest BCUT2D eigenvalue weighted by molar-refractivity contribution is 0.384. The molecule has 5 nitrogen and oxygen atoms in total. The van der Waals surface area contributed by atoms with Crippen molar-refractivity contribution in [3.8, 4) is 11.5 Å². The zero-order valence-corrected chi connectivity index (χ0v) is 12.1. The zero-order chi connectivity index (χ0) is 14.7. The lowest BCUT2D eigenvalue weighted by Crippen LogP contribution is -1.99. The van der Waals surface area contributed by atoms with Gasteiger partial charge in [-0.25, -0.2) is 0 Å². The van der Waals surface area contributed by atoms with E-state index in [-0.39, 0.29) is 0 Å². The maximum Gasteiger partial charge on any atom is 0.246 e. The van der Waals surface area contributed by atoms with Crippen LogP contribution in [0, 0.1) is 6.92 Å². The number of halogens is 1. The maximum atomic E-state index is 5.93. The van der Waals surface area contributed by atoms with E-state index >= 15 is 0 Å². The molecule has 0 spiro atoms. The third kappa shape index (κ3) is 3.38. The second-order valence-corrected chi connectivity index (χ2v) is 5.03. The van der Waals surface area contributed by atoms with Crippen LogP contribution in [0.4, 0.5) is 5.69 Å². The minimum Gasteiger partial charge on any atom is -0.376 e. The summed E-state index contributed by atoms with van der Waals surface area (Å²) in [5.41, 5.74) is 2.70. The van der Waals surface area contributed by atoms with E-state index < -0.39 is 0 Å². The number of nitrogens with zero attached hydrogens (tertiary/aromatic N) is 3. The third-order valence-corrected chi connectivity index (χ3v) is 3.12. The summed E-state index contributed by atoms with van der Waals surface area (Å²) in [5, 5.41) is 7.80. The molecule has 0 unspecified atom stereocenters. The van der Waals surface area contributed by atoms with Gasteiger partial charge >= 0.3 is 0 Å². The first-order chi connectivity index (χ1) is 10.2. The van der Waals surface area contributed by atoms with Crippen molar-refractivity contribution in [2.45, 2.75) is 13.5 Å². The lowest BCUT2D eigenvalue weighted by atomic mass is 10.2. The molecule has 0 bridgehead atoms. The van der Waals surface area contributed by atoms with Crippen molar-refractivity contribution in [3.05, 3.63) is 59.1 Å². The Hall–Kier alpha value is -2.40. The van der Waals surface area contributed by atoms with Gasteiger partial charge in [0.2, 0.25) is 11.7 Å². The molecule has 0 saturated carbocycles. The number of nitrogens with one attached hydrogen (secondary N) is 1. The van der Waals surface area contributed by atoms with Crippen LogP contribution in [0.25, 0.3) is 11.5 Å². The van der Waals surface area contributed by atoms with E-state index in [1.165, 1.54) is 0 Å². The summed E-state index contributed by atoms with van der Waals surface area (Å²) < 4.78 is 5.21. The van der Waals surface area contributed by atoms with Gasteiger partial charge in [0.1, 0.15) is 5.69 Å². The molecule has 6 heteroatoms. The molecule has 1 aromatic carbocycles. The van der Waals surface area contributed by atoms with Crippen LogP contribution in [-0.4, -0.2) is 15.1 Å². The van der Waals surface area contributed by atoms with Gasteiger partial charge in [-0.15, -0.1) is 0 Å². The summed E-state index contributed by atoms with van der Waals surface area (Å²) >= 11 is 5.93. The minimum absolute atomic E-state index is 0.430. The standard InChI is InChI=1S/C15H13ClN4O/c1-10-5-6-17-13(7-10)15-19-14(21-20-15)9-18-12-4-2-3-11(16)8-12/h2-8,18H,9H2,1H3. The highest BCUT2D eigenvalue weighted by Crippen LogP contribution is 2.17. The number of aromatic nitrogens is 3. The second-order valence-electron chi connectivity index (χ2n) is 4.59. The Morgan fingerprint density at radius 3 is 2.95 bits per heavy atom. The number of aryl methyl sites for hydroxylation is 1. The molecule has 0 aliphatic carbocycles. The summed E-state index contributed by atoms with van der Waals surface area (Å²) in [7, 11) is 0. The highest BCUT2D eigenvalue weighted by molar-refractivity contribution is 6.30. The summed E-state index contributed by atoms with van der Waals surface area (Å²) in [6, 6.07) is 11.3. The van der Waals surface area contributed by atoms with Crippen LogP contribution in [0.2, 0.25) is 5.02 Å². The molecular weight excluding hydrogens is 288 g/mol. The van der Waals surface area contributed by atoms with E-state index in [1.54, 1.807) is 6.20 Å². The first-order valence-electron chi connectivity index (χ1n) is 6.46. The highest BCUT2D eigenvalue weighted by atomic mass is 35.5. The predicted octanol–water partition coefficient (Wildman–Crippen LogP) is 3.71. The number of benzene rings is 1. The zero-order valence-electron chi connectivity index (χ0n) is 11.4. The van der Waals surface area contributed by atoms with Gasteiger partial charge in [-0.3, -0.25) is 4.98 Å². The molecule has 0 fully saturated rings. The average molecular weight is 301 g/mol. The van der Waals surface area contributed by atoms with Crippen molar-refractivity contribution < 1.29 is 4.52 Å². The number of rotatable bonds is 4. The maximum absolute atomic E-state index is 5.93. The summed E-state index contributed by atoms with van der Waals surface area (Å²) in [4.78, 5) is 8.55. The number of pyridine rings is 1. The smallest absolute Gasteiger partial charge is 0.246 e. The SMILES string of the molecule is Cc1ccnc(-c2noc(CNc3cccc(Cl)c3)n2)c1. The van der Waals surface area contributed by atoms with Gasteiger partial charge in [0, 0.05) is 16.9 Å². The van der Waals surface area contributed by atoms with Crippen LogP contribution in [0.3, 0.4) is 0 Å². The fourth-order valence-electron chi connectivity index (χ4n) is 1.87. The van der Waals surface area contributed by atoms with Crippen LogP contribution < -0.4 is 5.32 Å². The highest BCUT2D eigenvalue weighted by Gasteiger charge is 2.09. The van der Waals surface area contributed by atoms with Crippen molar-refractivity contribution in [3.63, 3.8) is 0 Å². The fourth-order valence-corrected chi connectivity index (χ4v) is 2.06. The van der Waals surface area contributed by atoms with E-state index in [0.717, 1.165) is 11.3 Å². The Bertz CT molecular complexity index is 757. The first-order valence-corrected chi connectivity index (χ1v) is 6.83. The van der Waals surface area contributed by atoms with Crippen LogP contribution in [0.15, 0.2) is 47.1 Å². The van der Waals surface area contributed by atoms with Gasteiger partial charge in [-0.05, 0) is 42.8 Å². The van der Waals surface area contributed by atoms with E-state index in [4.69, 9.17) is 16.1 Å². The van der Waals surface area contributed by atoms with E-state index in [1.807, 2.05) is 43.3 Å². The van der Waals surface area contributed by atoms with E-state index in [2.05, 4.69) is 20.4 Å². The third-order valence-electron chi connectivity index (χ3n) is 2.88. The fraction of sp³-hybridized carbons (Fsp3) is 0.133. The molecule has 3 rings (SSSR count). The predicted molar refractivity (Wildman–Crippen MR) is 81.0 cm³/mol. The normalized spacial score (nSPS) is 10.6. The Morgan fingerprint density at radius 2 is 2.14 bits per heavy atom. The Balaban J connectivity index is 1.71. The summed E-state index contributed by atoms with van der Waals surface area (Å²) in [5.74, 6) is 0.981. The Morgan fingerprint density at radius 1 is 1.24 bits per heavy atom. The molecule has 0 amide bonds. The van der Waals surface area contributed by atoms with Gasteiger partial charge in [-0.1, -0.05) is 22.8 Å². The minimum atomic E-state index is 0.430. The van der Waals surface area contributed by atoms with Gasteiger partial charge in [0.05, 0.1) is 6.54 Å². The van der Waals surface area contributed by atoms with Crippen LogP contribution in [0.1, 0.15) is 11.5 Å². The number of hydrogen-bond acceptors (Lipinski definition) is 5. The van der Waals surface area contributed by atoms with Gasteiger partial charge < -0.3 is 9.84 Å². The van der Waals surface area contributed by atoms with E-state index in [0.29, 0.717) is 29.0 Å². The Labute approximate surface area is 127 Å². The molecule has 0 saturated heterocycles. The quantitative estimate of drug-likeness (QED) is 0.796. The van der Waals surface area contributed by atoms with Gasteiger partial charge in [0.25, 0.3) is 0 Å². The van der Waals surface area contributed by atoms with Crippen molar-refractivity contribution in [2.24, 2.45) is 0 Å². The Kier molecular flexibility index (Phi) is 3.83. The molecule has 0 radical (unpaired) electrons. The number of anilines is 1. The molecular formula is C15H13ClN4O. The van der Waals surface area contributed by atoms with Crippen LogP contribution in [0.5, 0.6) is 0 Å². The lowest BCUT2D eigenvalue weighted by Gasteiger charge is -2.02.